The van der Waals surface area contributed by atoms with Crippen molar-refractivity contribution in [3.8, 4) is 34.1 Å². The lowest BCUT2D eigenvalue weighted by Crippen LogP contribution is -2.11. The van der Waals surface area contributed by atoms with Crippen LogP contribution in [-0.2, 0) is 0 Å². The highest BCUT2D eigenvalue weighted by Crippen LogP contribution is 2.32. The van der Waals surface area contributed by atoms with Gasteiger partial charge in [-0.25, -0.2) is 18.4 Å². The van der Waals surface area contributed by atoms with Crippen molar-refractivity contribution in [2.75, 3.05) is 0 Å². The predicted molar refractivity (Wildman–Crippen MR) is 127 cm³/mol. The number of ether oxygens (including phenoxy) is 2. The average molecular weight is 490 g/mol. The molecule has 4 aromatic carbocycles. The third-order valence-corrected chi connectivity index (χ3v) is 5.45. The summed E-state index contributed by atoms with van der Waals surface area (Å²) in [7, 11) is 0. The van der Waals surface area contributed by atoms with E-state index in [0.717, 1.165) is 46.5 Å². The molecule has 0 saturated heterocycles. The zero-order valence-corrected chi connectivity index (χ0v) is 19.2. The average Bonchev–Trinajstić information content (AvgIpc) is 2.79. The number of halogens is 2. The van der Waals surface area contributed by atoms with Gasteiger partial charge in [0, 0.05) is 12.1 Å². The van der Waals surface area contributed by atoms with Crippen LogP contribution in [-0.4, -0.2) is 22.2 Å². The lowest BCUT2D eigenvalue weighted by Gasteiger charge is -2.13. The van der Waals surface area contributed by atoms with Gasteiger partial charge in [0.2, 0.25) is 0 Å². The van der Waals surface area contributed by atoms with Crippen LogP contribution in [0.2, 0.25) is 0 Å². The van der Waals surface area contributed by atoms with Crippen molar-refractivity contribution in [3.63, 3.8) is 0 Å². The standard InChI is InChI=1S/C28H20F2O6/c1-15-11-19(35-27(33)23-7-3-17(31)13-25(23)29)5-9-21(15)22-10-6-20(12-16(22)2)36-28(34)24-8-4-18(32)14-26(24)30/h3-14,31-32H,1-2H3. The molecule has 0 saturated carbocycles. The number of rotatable bonds is 5. The Morgan fingerprint density at radius 2 is 1.00 bits per heavy atom. The Balaban J connectivity index is 1.51. The number of aryl methyl sites for hydroxylation is 2. The molecule has 6 nitrogen and oxygen atoms in total. The highest BCUT2D eigenvalue weighted by Gasteiger charge is 2.17. The van der Waals surface area contributed by atoms with E-state index < -0.39 is 23.6 Å². The van der Waals surface area contributed by atoms with Crippen LogP contribution in [0.1, 0.15) is 31.8 Å². The Hall–Kier alpha value is -4.72. The number of hydrogen-bond acceptors (Lipinski definition) is 6. The van der Waals surface area contributed by atoms with Crippen molar-refractivity contribution in [1.29, 1.82) is 0 Å². The Morgan fingerprint density at radius 1 is 0.611 bits per heavy atom. The minimum absolute atomic E-state index is 0.216. The quantitative estimate of drug-likeness (QED) is 0.260. The summed E-state index contributed by atoms with van der Waals surface area (Å²) in [6.45, 7) is 3.63. The number of phenols is 2. The first-order valence-corrected chi connectivity index (χ1v) is 10.8. The molecule has 0 radical (unpaired) electrons. The first-order chi connectivity index (χ1) is 17.1. The van der Waals surface area contributed by atoms with Crippen LogP contribution in [0.15, 0.2) is 72.8 Å². The van der Waals surface area contributed by atoms with E-state index in [0.29, 0.717) is 0 Å². The third-order valence-electron chi connectivity index (χ3n) is 5.45. The number of esters is 2. The lowest BCUT2D eigenvalue weighted by molar-refractivity contribution is 0.0719. The minimum atomic E-state index is -0.896. The second-order valence-corrected chi connectivity index (χ2v) is 8.06. The summed E-state index contributed by atoms with van der Waals surface area (Å²) in [5.74, 6) is -3.74. The molecule has 0 heterocycles. The number of phenolic OH excluding ortho intramolecular Hbond substituents is 2. The van der Waals surface area contributed by atoms with Crippen molar-refractivity contribution in [2.45, 2.75) is 13.8 Å². The van der Waals surface area contributed by atoms with Crippen LogP contribution in [0, 0.1) is 25.5 Å². The van der Waals surface area contributed by atoms with Crippen LogP contribution >= 0.6 is 0 Å². The summed E-state index contributed by atoms with van der Waals surface area (Å²) < 4.78 is 38.4. The van der Waals surface area contributed by atoms with E-state index in [1.54, 1.807) is 36.4 Å². The largest absolute Gasteiger partial charge is 0.508 e. The lowest BCUT2D eigenvalue weighted by atomic mass is 9.96. The van der Waals surface area contributed by atoms with Gasteiger partial charge in [0.05, 0.1) is 11.1 Å². The molecule has 4 aromatic rings. The summed E-state index contributed by atoms with van der Waals surface area (Å²) in [5, 5.41) is 18.6. The molecule has 2 N–H and O–H groups in total. The number of aromatic hydroxyl groups is 2. The van der Waals surface area contributed by atoms with Gasteiger partial charge in [0.15, 0.2) is 0 Å². The smallest absolute Gasteiger partial charge is 0.346 e. The van der Waals surface area contributed by atoms with Gasteiger partial charge in [0.1, 0.15) is 34.6 Å². The second-order valence-electron chi connectivity index (χ2n) is 8.06. The molecular weight excluding hydrogens is 470 g/mol. The molecule has 0 aliphatic rings. The zero-order chi connectivity index (χ0) is 26.0. The van der Waals surface area contributed by atoms with E-state index in [1.165, 1.54) is 12.1 Å². The van der Waals surface area contributed by atoms with Gasteiger partial charge in [-0.05, 0) is 84.6 Å². The molecule has 182 valence electrons. The molecule has 0 aliphatic carbocycles. The number of hydrogen-bond donors (Lipinski definition) is 2. The Labute approximate surface area is 205 Å². The first kappa shape index (κ1) is 24.4. The minimum Gasteiger partial charge on any atom is -0.508 e. The van der Waals surface area contributed by atoms with E-state index >= 15 is 0 Å². The maximum absolute atomic E-state index is 13.9. The number of benzene rings is 4. The maximum Gasteiger partial charge on any atom is 0.346 e. The SMILES string of the molecule is Cc1cc(OC(=O)c2ccc(O)cc2F)ccc1-c1ccc(OC(=O)c2ccc(O)cc2F)cc1C. The molecule has 0 amide bonds. The third kappa shape index (κ3) is 5.17. The van der Waals surface area contributed by atoms with Gasteiger partial charge >= 0.3 is 11.9 Å². The topological polar surface area (TPSA) is 93.1 Å². The Kier molecular flexibility index (Phi) is 6.69. The number of carbonyl (C=O) groups is 2. The van der Waals surface area contributed by atoms with Crippen molar-refractivity contribution < 1.29 is 38.1 Å². The van der Waals surface area contributed by atoms with Gasteiger partial charge in [-0.1, -0.05) is 12.1 Å². The van der Waals surface area contributed by atoms with E-state index in [1.807, 2.05) is 13.8 Å². The zero-order valence-electron chi connectivity index (χ0n) is 19.2. The fraction of sp³-hybridized carbons (Fsp3) is 0.0714. The number of carbonyl (C=O) groups excluding carboxylic acids is 2. The van der Waals surface area contributed by atoms with Crippen molar-refractivity contribution in [1.82, 2.24) is 0 Å². The second kappa shape index (κ2) is 9.87. The van der Waals surface area contributed by atoms with Gasteiger partial charge < -0.3 is 19.7 Å². The fourth-order valence-corrected chi connectivity index (χ4v) is 3.67. The molecular formula is C28H20F2O6. The van der Waals surface area contributed by atoms with E-state index in [4.69, 9.17) is 9.47 Å². The van der Waals surface area contributed by atoms with Gasteiger partial charge in [-0.2, -0.15) is 0 Å². The van der Waals surface area contributed by atoms with Crippen molar-refractivity contribution in [3.05, 3.63) is 107 Å². The molecule has 0 atom stereocenters. The molecule has 0 unspecified atom stereocenters. The molecule has 36 heavy (non-hydrogen) atoms. The molecule has 0 aromatic heterocycles. The summed E-state index contributed by atoms with van der Waals surface area (Å²) in [6.07, 6.45) is 0. The van der Waals surface area contributed by atoms with Crippen LogP contribution in [0.5, 0.6) is 23.0 Å². The Bertz CT molecular complexity index is 1380. The molecule has 4 rings (SSSR count). The van der Waals surface area contributed by atoms with Crippen molar-refractivity contribution >= 4 is 11.9 Å². The van der Waals surface area contributed by atoms with Gasteiger partial charge in [-0.3, -0.25) is 0 Å². The molecule has 0 bridgehead atoms. The van der Waals surface area contributed by atoms with Gasteiger partial charge in [-0.15, -0.1) is 0 Å². The van der Waals surface area contributed by atoms with Gasteiger partial charge in [0.25, 0.3) is 0 Å². The first-order valence-electron chi connectivity index (χ1n) is 10.8. The highest BCUT2D eigenvalue weighted by molar-refractivity contribution is 5.92. The van der Waals surface area contributed by atoms with Crippen LogP contribution in [0.3, 0.4) is 0 Å². The van der Waals surface area contributed by atoms with E-state index in [-0.39, 0.29) is 34.1 Å². The summed E-state index contributed by atoms with van der Waals surface area (Å²) >= 11 is 0. The van der Waals surface area contributed by atoms with Crippen LogP contribution in [0.25, 0.3) is 11.1 Å². The Morgan fingerprint density at radius 3 is 1.33 bits per heavy atom. The predicted octanol–water partition coefficient (Wildman–Crippen LogP) is 6.10. The van der Waals surface area contributed by atoms with Crippen molar-refractivity contribution in [2.24, 2.45) is 0 Å². The van der Waals surface area contributed by atoms with E-state index in [2.05, 4.69) is 0 Å². The van der Waals surface area contributed by atoms with Crippen LogP contribution in [0.4, 0.5) is 8.78 Å². The van der Waals surface area contributed by atoms with E-state index in [9.17, 15) is 28.6 Å². The summed E-state index contributed by atoms with van der Waals surface area (Å²) in [5.41, 5.74) is 2.58. The summed E-state index contributed by atoms with van der Waals surface area (Å²) in [6, 6.07) is 16.2. The molecule has 0 fully saturated rings. The molecule has 8 heteroatoms. The maximum atomic E-state index is 13.9. The fourth-order valence-electron chi connectivity index (χ4n) is 3.67. The molecule has 0 aliphatic heterocycles. The normalized spacial score (nSPS) is 10.7. The molecule has 0 spiro atoms. The monoisotopic (exact) mass is 490 g/mol. The highest BCUT2D eigenvalue weighted by atomic mass is 19.1. The van der Waals surface area contributed by atoms with Crippen LogP contribution < -0.4 is 9.47 Å². The summed E-state index contributed by atoms with van der Waals surface area (Å²) in [4.78, 5) is 24.6.